The number of nitrogens with zero attached hydrogens (tertiary/aromatic N) is 1. The minimum Gasteiger partial charge on any atom is -0.480 e. The third-order valence-electron chi connectivity index (χ3n) is 4.61. The van der Waals surface area contributed by atoms with Crippen molar-refractivity contribution in [2.75, 3.05) is 13.1 Å². The molecule has 0 aromatic rings. The molecule has 0 amide bonds. The number of carboxylic acids is 1. The highest BCUT2D eigenvalue weighted by molar-refractivity contribution is 5.74. The van der Waals surface area contributed by atoms with Crippen molar-refractivity contribution >= 4 is 5.97 Å². The van der Waals surface area contributed by atoms with Crippen molar-refractivity contribution in [3.05, 3.63) is 0 Å². The minimum absolute atomic E-state index is 0.290. The van der Waals surface area contributed by atoms with E-state index in [-0.39, 0.29) is 6.04 Å². The molecule has 3 atom stereocenters. The molecule has 0 radical (unpaired) electrons. The first-order valence-corrected chi connectivity index (χ1v) is 6.98. The lowest BCUT2D eigenvalue weighted by molar-refractivity contribution is -0.140. The number of carbonyl (C=O) groups is 1. The van der Waals surface area contributed by atoms with Crippen LogP contribution in [-0.2, 0) is 4.79 Å². The van der Waals surface area contributed by atoms with Gasteiger partial charge < -0.3 is 5.11 Å². The predicted octanol–water partition coefficient (Wildman–Crippen LogP) is 1.07. The van der Waals surface area contributed by atoms with Gasteiger partial charge in [0, 0.05) is 18.6 Å². The number of hydrogen-bond donors (Lipinski definition) is 2. The fourth-order valence-corrected chi connectivity index (χ4v) is 3.51. The minimum atomic E-state index is -0.651. The molecule has 2 aliphatic heterocycles. The van der Waals surface area contributed by atoms with Crippen molar-refractivity contribution in [1.82, 2.24) is 10.2 Å². The van der Waals surface area contributed by atoms with Gasteiger partial charge in [0.25, 0.3) is 0 Å². The largest absolute Gasteiger partial charge is 0.480 e. The lowest BCUT2D eigenvalue weighted by atomic mass is 9.98. The van der Waals surface area contributed by atoms with Crippen molar-refractivity contribution in [3.8, 4) is 0 Å². The third-order valence-corrected chi connectivity index (χ3v) is 4.61. The van der Waals surface area contributed by atoms with Gasteiger partial charge in [0.2, 0.25) is 0 Å². The van der Waals surface area contributed by atoms with Crippen LogP contribution in [0.4, 0.5) is 0 Å². The number of aliphatic carboxylic acids is 1. The normalized spacial score (nSPS) is 35.5. The van der Waals surface area contributed by atoms with Gasteiger partial charge in [0.1, 0.15) is 6.04 Å². The van der Waals surface area contributed by atoms with Crippen LogP contribution in [0, 0.1) is 5.92 Å². The molecule has 3 fully saturated rings. The number of hydrogen-bond acceptors (Lipinski definition) is 3. The molecule has 96 valence electrons. The second kappa shape index (κ2) is 4.58. The molecule has 2 N–H and O–H groups in total. The van der Waals surface area contributed by atoms with Gasteiger partial charge in [0.15, 0.2) is 0 Å². The Labute approximate surface area is 102 Å². The van der Waals surface area contributed by atoms with Crippen molar-refractivity contribution < 1.29 is 9.90 Å². The molecule has 1 saturated carbocycles. The maximum absolute atomic E-state index is 11.3. The van der Waals surface area contributed by atoms with Crippen LogP contribution in [0.2, 0.25) is 0 Å². The summed E-state index contributed by atoms with van der Waals surface area (Å²) >= 11 is 0. The maximum atomic E-state index is 11.3. The molecule has 2 saturated heterocycles. The van der Waals surface area contributed by atoms with Crippen molar-refractivity contribution in [1.29, 1.82) is 0 Å². The topological polar surface area (TPSA) is 52.6 Å². The summed E-state index contributed by atoms with van der Waals surface area (Å²) in [5.41, 5.74) is 0. The molecule has 4 heteroatoms. The van der Waals surface area contributed by atoms with Gasteiger partial charge in [-0.3, -0.25) is 15.0 Å². The highest BCUT2D eigenvalue weighted by Crippen LogP contribution is 2.34. The van der Waals surface area contributed by atoms with Gasteiger partial charge in [-0.15, -0.1) is 0 Å². The van der Waals surface area contributed by atoms with Crippen LogP contribution in [0.1, 0.15) is 38.5 Å². The van der Waals surface area contributed by atoms with Gasteiger partial charge in [-0.05, 0) is 44.6 Å². The van der Waals surface area contributed by atoms with Gasteiger partial charge in [-0.2, -0.15) is 0 Å². The summed E-state index contributed by atoms with van der Waals surface area (Å²) in [4.78, 5) is 13.8. The van der Waals surface area contributed by atoms with Crippen LogP contribution in [-0.4, -0.2) is 47.2 Å². The van der Waals surface area contributed by atoms with Crippen molar-refractivity contribution in [2.24, 2.45) is 5.92 Å². The molecule has 2 heterocycles. The Morgan fingerprint density at radius 3 is 2.71 bits per heavy atom. The molecule has 4 nitrogen and oxygen atoms in total. The second-order valence-electron chi connectivity index (χ2n) is 5.81. The Hall–Kier alpha value is -0.610. The first kappa shape index (κ1) is 11.5. The maximum Gasteiger partial charge on any atom is 0.320 e. The van der Waals surface area contributed by atoms with E-state index in [1.807, 2.05) is 0 Å². The molecule has 0 aromatic carbocycles. The van der Waals surface area contributed by atoms with Crippen LogP contribution in [0.15, 0.2) is 0 Å². The zero-order valence-corrected chi connectivity index (χ0v) is 10.3. The molecule has 3 unspecified atom stereocenters. The summed E-state index contributed by atoms with van der Waals surface area (Å²) in [5, 5.41) is 12.7. The lowest BCUT2D eigenvalue weighted by Gasteiger charge is -2.33. The van der Waals surface area contributed by atoms with Crippen molar-refractivity contribution in [3.63, 3.8) is 0 Å². The van der Waals surface area contributed by atoms with Crippen molar-refractivity contribution in [2.45, 2.75) is 56.7 Å². The summed E-state index contributed by atoms with van der Waals surface area (Å²) in [6.45, 7) is 2.36. The Kier molecular flexibility index (Phi) is 3.09. The fourth-order valence-electron chi connectivity index (χ4n) is 3.51. The Morgan fingerprint density at radius 1 is 1.18 bits per heavy atom. The Bertz CT molecular complexity index is 304. The summed E-state index contributed by atoms with van der Waals surface area (Å²) in [5.74, 6) is -0.257. The molecule has 3 aliphatic rings. The summed E-state index contributed by atoms with van der Waals surface area (Å²) in [7, 11) is 0. The number of carboxylic acid groups (broad SMARTS) is 1. The van der Waals surface area contributed by atoms with Crippen LogP contribution in [0.3, 0.4) is 0 Å². The molecular formula is C13H22N2O2. The highest BCUT2D eigenvalue weighted by atomic mass is 16.4. The van der Waals surface area contributed by atoms with E-state index in [1.165, 1.54) is 25.8 Å². The SMILES string of the molecule is O=C(O)C(NC1CCN2CCCCC12)C1CC1. The van der Waals surface area contributed by atoms with E-state index < -0.39 is 5.97 Å². The number of piperidine rings is 1. The molecule has 3 rings (SSSR count). The predicted molar refractivity (Wildman–Crippen MR) is 64.9 cm³/mol. The molecule has 0 aromatic heterocycles. The molecule has 1 aliphatic carbocycles. The van der Waals surface area contributed by atoms with E-state index in [9.17, 15) is 9.90 Å². The van der Waals surface area contributed by atoms with E-state index in [0.717, 1.165) is 25.8 Å². The monoisotopic (exact) mass is 238 g/mol. The van der Waals surface area contributed by atoms with E-state index in [0.29, 0.717) is 18.0 Å². The quantitative estimate of drug-likeness (QED) is 0.769. The number of rotatable bonds is 4. The summed E-state index contributed by atoms with van der Waals surface area (Å²) in [6, 6.07) is 0.725. The summed E-state index contributed by atoms with van der Waals surface area (Å²) < 4.78 is 0. The van der Waals surface area contributed by atoms with Crippen LogP contribution < -0.4 is 5.32 Å². The second-order valence-corrected chi connectivity index (χ2v) is 5.81. The average molecular weight is 238 g/mol. The van der Waals surface area contributed by atoms with Gasteiger partial charge in [0.05, 0.1) is 0 Å². The van der Waals surface area contributed by atoms with E-state index in [2.05, 4.69) is 10.2 Å². The molecule has 0 bridgehead atoms. The van der Waals surface area contributed by atoms with Crippen LogP contribution in [0.25, 0.3) is 0 Å². The van der Waals surface area contributed by atoms with Gasteiger partial charge in [-0.1, -0.05) is 6.42 Å². The molecule has 17 heavy (non-hydrogen) atoms. The highest BCUT2D eigenvalue weighted by Gasteiger charge is 2.42. The lowest BCUT2D eigenvalue weighted by Crippen LogP contribution is -2.51. The van der Waals surface area contributed by atoms with Gasteiger partial charge in [-0.25, -0.2) is 0 Å². The van der Waals surface area contributed by atoms with E-state index in [1.54, 1.807) is 0 Å². The molecule has 0 spiro atoms. The zero-order chi connectivity index (χ0) is 11.8. The number of nitrogens with one attached hydrogen (secondary N) is 1. The Balaban J connectivity index is 1.62. The first-order valence-electron chi connectivity index (χ1n) is 6.98. The third kappa shape index (κ3) is 2.33. The zero-order valence-electron chi connectivity index (χ0n) is 10.3. The fraction of sp³-hybridized carbons (Fsp3) is 0.923. The Morgan fingerprint density at radius 2 is 2.00 bits per heavy atom. The smallest absolute Gasteiger partial charge is 0.320 e. The molecular weight excluding hydrogens is 216 g/mol. The first-order chi connectivity index (χ1) is 8.25. The standard InChI is InChI=1S/C13H22N2O2/c16-13(17)12(9-4-5-9)14-10-6-8-15-7-2-1-3-11(10)15/h9-12,14H,1-8H2,(H,16,17). The average Bonchev–Trinajstić information content (AvgIpc) is 3.07. The summed E-state index contributed by atoms with van der Waals surface area (Å²) in [6.07, 6.45) is 7.17. The van der Waals surface area contributed by atoms with E-state index >= 15 is 0 Å². The van der Waals surface area contributed by atoms with Crippen LogP contribution >= 0.6 is 0 Å². The van der Waals surface area contributed by atoms with Crippen LogP contribution in [0.5, 0.6) is 0 Å². The van der Waals surface area contributed by atoms with Gasteiger partial charge >= 0.3 is 5.97 Å². The van der Waals surface area contributed by atoms with E-state index in [4.69, 9.17) is 0 Å². The number of fused-ring (bicyclic) bond motifs is 1.